The van der Waals surface area contributed by atoms with E-state index in [-0.39, 0.29) is 16.2 Å². The molecule has 2 fully saturated rings. The third kappa shape index (κ3) is 2.76. The molecule has 0 aliphatic carbocycles. The first kappa shape index (κ1) is 14.1. The van der Waals surface area contributed by atoms with Crippen LogP contribution in [0.2, 0.25) is 10.3 Å². The predicted molar refractivity (Wildman–Crippen MR) is 74.0 cm³/mol. The Morgan fingerprint density at radius 1 is 1.15 bits per heavy atom. The van der Waals surface area contributed by atoms with Crippen LogP contribution in [0.1, 0.15) is 23.2 Å². The zero-order valence-electron chi connectivity index (χ0n) is 10.8. The Balaban J connectivity index is 1.69. The molecular formula is C13H14Cl2N2O3. The highest BCUT2D eigenvalue weighted by Crippen LogP contribution is 2.31. The molecule has 0 atom stereocenters. The third-order valence-corrected chi connectivity index (χ3v) is 4.02. The van der Waals surface area contributed by atoms with Gasteiger partial charge in [0.2, 0.25) is 0 Å². The van der Waals surface area contributed by atoms with Crippen molar-refractivity contribution in [3.05, 3.63) is 28.0 Å². The van der Waals surface area contributed by atoms with Gasteiger partial charge in [-0.25, -0.2) is 4.98 Å². The summed E-state index contributed by atoms with van der Waals surface area (Å²) >= 11 is 11.7. The number of carbonyl (C=O) groups is 1. The summed E-state index contributed by atoms with van der Waals surface area (Å²) in [5, 5.41) is 0.438. The highest BCUT2D eigenvalue weighted by atomic mass is 35.5. The fourth-order valence-electron chi connectivity index (χ4n) is 2.61. The van der Waals surface area contributed by atoms with E-state index in [2.05, 4.69) is 4.98 Å². The zero-order chi connectivity index (χ0) is 14.2. The standard InChI is InChI=1S/C13H14Cl2N2O3/c14-10-7-9(8-11(15)16-10)12(18)17-3-1-13(2-4-17)19-5-6-20-13/h7-8H,1-6H2. The van der Waals surface area contributed by atoms with Crippen molar-refractivity contribution < 1.29 is 14.3 Å². The summed E-state index contributed by atoms with van der Waals surface area (Å²) in [5.74, 6) is -0.575. The Morgan fingerprint density at radius 3 is 2.25 bits per heavy atom. The summed E-state index contributed by atoms with van der Waals surface area (Å²) < 4.78 is 11.3. The SMILES string of the molecule is O=C(c1cc(Cl)nc(Cl)c1)N1CCC2(CC1)OCCO2. The van der Waals surface area contributed by atoms with Gasteiger partial charge in [-0.05, 0) is 12.1 Å². The molecule has 0 unspecified atom stereocenters. The summed E-state index contributed by atoms with van der Waals surface area (Å²) in [6, 6.07) is 3.06. The third-order valence-electron chi connectivity index (χ3n) is 3.64. The fraction of sp³-hybridized carbons (Fsp3) is 0.538. The van der Waals surface area contributed by atoms with Crippen molar-refractivity contribution in [2.45, 2.75) is 18.6 Å². The number of likely N-dealkylation sites (tertiary alicyclic amines) is 1. The molecule has 0 bridgehead atoms. The van der Waals surface area contributed by atoms with E-state index < -0.39 is 5.79 Å². The van der Waals surface area contributed by atoms with E-state index in [0.29, 0.717) is 44.7 Å². The number of aromatic nitrogens is 1. The van der Waals surface area contributed by atoms with Gasteiger partial charge in [-0.2, -0.15) is 0 Å². The maximum atomic E-state index is 12.4. The Kier molecular flexibility index (Phi) is 3.86. The monoisotopic (exact) mass is 316 g/mol. The molecule has 0 aromatic carbocycles. The lowest BCUT2D eigenvalue weighted by atomic mass is 10.0. The van der Waals surface area contributed by atoms with Crippen LogP contribution >= 0.6 is 23.2 Å². The molecule has 2 aliphatic heterocycles. The molecule has 1 aromatic rings. The Morgan fingerprint density at radius 2 is 1.70 bits per heavy atom. The van der Waals surface area contributed by atoms with Gasteiger partial charge in [0.05, 0.1) is 13.2 Å². The van der Waals surface area contributed by atoms with Crippen molar-refractivity contribution in [1.29, 1.82) is 0 Å². The smallest absolute Gasteiger partial charge is 0.254 e. The van der Waals surface area contributed by atoms with Crippen LogP contribution in [0.5, 0.6) is 0 Å². The van der Waals surface area contributed by atoms with Gasteiger partial charge in [0, 0.05) is 31.5 Å². The molecule has 3 heterocycles. The van der Waals surface area contributed by atoms with E-state index in [1.807, 2.05) is 0 Å². The normalized spacial score (nSPS) is 21.4. The Hall–Kier alpha value is -0.880. The van der Waals surface area contributed by atoms with Crippen LogP contribution in [-0.4, -0.2) is 47.9 Å². The van der Waals surface area contributed by atoms with Crippen LogP contribution in [0.15, 0.2) is 12.1 Å². The second-order valence-electron chi connectivity index (χ2n) is 4.90. The molecule has 2 saturated heterocycles. The molecule has 7 heteroatoms. The number of nitrogens with zero attached hydrogens (tertiary/aromatic N) is 2. The molecule has 1 amide bonds. The van der Waals surface area contributed by atoms with Gasteiger partial charge in [-0.1, -0.05) is 23.2 Å². The quantitative estimate of drug-likeness (QED) is 0.746. The van der Waals surface area contributed by atoms with Gasteiger partial charge in [0.1, 0.15) is 10.3 Å². The van der Waals surface area contributed by atoms with E-state index in [0.717, 1.165) is 0 Å². The van der Waals surface area contributed by atoms with Crippen molar-refractivity contribution in [1.82, 2.24) is 9.88 Å². The van der Waals surface area contributed by atoms with Gasteiger partial charge in [-0.15, -0.1) is 0 Å². The number of pyridine rings is 1. The number of rotatable bonds is 1. The first-order valence-corrected chi connectivity index (χ1v) is 7.24. The number of hydrogen-bond donors (Lipinski definition) is 0. The van der Waals surface area contributed by atoms with Gasteiger partial charge in [0.15, 0.2) is 5.79 Å². The summed E-state index contributed by atoms with van der Waals surface area (Å²) in [6.45, 7) is 2.44. The van der Waals surface area contributed by atoms with Crippen LogP contribution in [0.3, 0.4) is 0 Å². The van der Waals surface area contributed by atoms with Crippen LogP contribution < -0.4 is 0 Å². The number of carbonyl (C=O) groups excluding carboxylic acids is 1. The van der Waals surface area contributed by atoms with Crippen molar-refractivity contribution >= 4 is 29.1 Å². The number of halogens is 2. The molecule has 0 radical (unpaired) electrons. The molecule has 5 nitrogen and oxygen atoms in total. The van der Waals surface area contributed by atoms with Gasteiger partial charge in [0.25, 0.3) is 5.91 Å². The highest BCUT2D eigenvalue weighted by molar-refractivity contribution is 6.33. The van der Waals surface area contributed by atoms with Crippen molar-refractivity contribution in [2.24, 2.45) is 0 Å². The average Bonchev–Trinajstić information content (AvgIpc) is 2.86. The van der Waals surface area contributed by atoms with E-state index in [4.69, 9.17) is 32.7 Å². The van der Waals surface area contributed by atoms with Crippen LogP contribution in [0, 0.1) is 0 Å². The molecular weight excluding hydrogens is 303 g/mol. The number of hydrogen-bond acceptors (Lipinski definition) is 4. The predicted octanol–water partition coefficient (Wildman–Crippen LogP) is 2.37. The zero-order valence-corrected chi connectivity index (χ0v) is 12.3. The Labute approximate surface area is 126 Å². The topological polar surface area (TPSA) is 51.7 Å². The minimum atomic E-state index is -0.482. The molecule has 0 N–H and O–H groups in total. The fourth-order valence-corrected chi connectivity index (χ4v) is 3.07. The first-order chi connectivity index (χ1) is 9.58. The molecule has 20 heavy (non-hydrogen) atoms. The molecule has 0 saturated carbocycles. The van der Waals surface area contributed by atoms with Gasteiger partial charge in [-0.3, -0.25) is 4.79 Å². The minimum Gasteiger partial charge on any atom is -0.347 e. The lowest BCUT2D eigenvalue weighted by molar-refractivity contribution is -0.181. The van der Waals surface area contributed by atoms with Gasteiger partial charge < -0.3 is 14.4 Å². The molecule has 108 valence electrons. The first-order valence-electron chi connectivity index (χ1n) is 6.48. The molecule has 1 aromatic heterocycles. The summed E-state index contributed by atoms with van der Waals surface area (Å²) in [5.41, 5.74) is 0.458. The van der Waals surface area contributed by atoms with Crippen LogP contribution in [-0.2, 0) is 9.47 Å². The van der Waals surface area contributed by atoms with Crippen LogP contribution in [0.4, 0.5) is 0 Å². The summed E-state index contributed by atoms with van der Waals surface area (Å²) in [6.07, 6.45) is 1.37. The maximum Gasteiger partial charge on any atom is 0.254 e. The number of ether oxygens (including phenoxy) is 2. The summed E-state index contributed by atoms with van der Waals surface area (Å²) in [4.78, 5) is 18.0. The largest absolute Gasteiger partial charge is 0.347 e. The van der Waals surface area contributed by atoms with Crippen molar-refractivity contribution in [2.75, 3.05) is 26.3 Å². The van der Waals surface area contributed by atoms with E-state index in [1.54, 1.807) is 4.90 Å². The maximum absolute atomic E-state index is 12.4. The second-order valence-corrected chi connectivity index (χ2v) is 5.68. The number of piperidine rings is 1. The van der Waals surface area contributed by atoms with Crippen LogP contribution in [0.25, 0.3) is 0 Å². The van der Waals surface area contributed by atoms with E-state index in [1.165, 1.54) is 12.1 Å². The van der Waals surface area contributed by atoms with E-state index >= 15 is 0 Å². The molecule has 1 spiro atoms. The molecule has 3 rings (SSSR count). The van der Waals surface area contributed by atoms with Crippen molar-refractivity contribution in [3.8, 4) is 0 Å². The van der Waals surface area contributed by atoms with E-state index in [9.17, 15) is 4.79 Å². The van der Waals surface area contributed by atoms with Crippen molar-refractivity contribution in [3.63, 3.8) is 0 Å². The lowest BCUT2D eigenvalue weighted by Crippen LogP contribution is -2.47. The lowest BCUT2D eigenvalue weighted by Gasteiger charge is -2.37. The minimum absolute atomic E-state index is 0.0935. The Bertz CT molecular complexity index is 502. The second kappa shape index (κ2) is 5.48. The number of amides is 1. The summed E-state index contributed by atoms with van der Waals surface area (Å²) in [7, 11) is 0. The average molecular weight is 317 g/mol. The molecule has 2 aliphatic rings. The highest BCUT2D eigenvalue weighted by Gasteiger charge is 2.40. The van der Waals surface area contributed by atoms with Gasteiger partial charge >= 0.3 is 0 Å².